The summed E-state index contributed by atoms with van der Waals surface area (Å²) in [5.41, 5.74) is 0. The quantitative estimate of drug-likeness (QED) is 0.325. The number of rotatable bonds is 0. The Morgan fingerprint density at radius 1 is 0.500 bits per heavy atom. The van der Waals surface area contributed by atoms with Crippen molar-refractivity contribution < 1.29 is 83.9 Å². The van der Waals surface area contributed by atoms with Crippen LogP contribution in [0.1, 0.15) is 0 Å². The molecule has 0 N–H and O–H groups in total. The summed E-state index contributed by atoms with van der Waals surface area (Å²) in [4.78, 5) is 0. The molecule has 0 spiro atoms. The first kappa shape index (κ1) is 29.7. The maximum Gasteiger partial charge on any atom is 0 e. The first-order valence-electron chi connectivity index (χ1n) is 0. The van der Waals surface area contributed by atoms with Gasteiger partial charge in [-0.1, -0.05) is 0 Å². The van der Waals surface area contributed by atoms with Crippen LogP contribution in [0.5, 0.6) is 0 Å². The zero-order valence-electron chi connectivity index (χ0n) is 1.24. The largest absolute Gasteiger partial charge is 0 e. The minimum absolute atomic E-state index is 0. The molecule has 4 radical (unpaired) electrons. The van der Waals surface area contributed by atoms with Gasteiger partial charge in [0.05, 0.1) is 0 Å². The minimum atomic E-state index is 0. The first-order chi connectivity index (χ1) is 0. The van der Waals surface area contributed by atoms with Crippen molar-refractivity contribution in [3.8, 4) is 0 Å². The van der Waals surface area contributed by atoms with Crippen molar-refractivity contribution in [2.45, 2.75) is 0 Å². The van der Waals surface area contributed by atoms with Crippen molar-refractivity contribution in [3.63, 3.8) is 0 Å². The normalized spacial score (nSPS) is 0. The predicted octanol–water partition coefficient (Wildman–Crippen LogP) is -0.0100. The molecule has 4 heteroatoms. The monoisotopic (exact) mass is 650 g/mol. The first-order valence-corrected chi connectivity index (χ1v) is 0. The molecule has 0 aromatic rings. The van der Waals surface area contributed by atoms with Gasteiger partial charge in [0.1, 0.15) is 0 Å². The van der Waals surface area contributed by atoms with Crippen molar-refractivity contribution in [1.29, 1.82) is 0 Å². The Hall–Kier alpha value is 2.73. The molecule has 0 nitrogen and oxygen atoms in total. The van der Waals surface area contributed by atoms with E-state index in [1.807, 2.05) is 0 Å². The average molecular weight is 650 g/mol. The predicted molar refractivity (Wildman–Crippen MR) is 0 cm³/mol. The Balaban J connectivity index is 0. The maximum atomic E-state index is 0. The minimum Gasteiger partial charge on any atom is 0 e. The third-order valence-corrected chi connectivity index (χ3v) is 0. The molecule has 0 aliphatic rings. The maximum absolute atomic E-state index is 0. The van der Waals surface area contributed by atoms with E-state index in [1.54, 1.807) is 0 Å². The molecule has 0 aromatic heterocycles. The molecule has 4 heavy (non-hydrogen) atoms. The molecule has 0 unspecified atom stereocenters. The fraction of sp³-hybridized carbons (Fsp3) is 0. The number of hydrogen-bond donors (Lipinski definition) is 0. The van der Waals surface area contributed by atoms with E-state index >= 15 is 0 Å². The molecule has 0 aromatic carbocycles. The summed E-state index contributed by atoms with van der Waals surface area (Å²) in [6.07, 6.45) is 0. The molecule has 0 heterocycles. The molecular formula is Au3Co. The third-order valence-electron chi connectivity index (χ3n) is 0. The van der Waals surface area contributed by atoms with E-state index in [9.17, 15) is 0 Å². The zero-order chi connectivity index (χ0) is 0. The van der Waals surface area contributed by atoms with Gasteiger partial charge in [-0.3, -0.25) is 0 Å². The van der Waals surface area contributed by atoms with E-state index in [2.05, 4.69) is 0 Å². The summed E-state index contributed by atoms with van der Waals surface area (Å²) in [7, 11) is 0. The van der Waals surface area contributed by atoms with Gasteiger partial charge in [-0.05, 0) is 0 Å². The van der Waals surface area contributed by atoms with Crippen LogP contribution in [0.3, 0.4) is 0 Å². The Kier molecular flexibility index (Phi) is 128. The molecule has 0 rings (SSSR count). The van der Waals surface area contributed by atoms with E-state index in [0.29, 0.717) is 0 Å². The smallest absolute Gasteiger partial charge is 0 e. The van der Waals surface area contributed by atoms with E-state index < -0.39 is 0 Å². The standard InChI is InChI=1S/3Au.Co. The molecule has 0 fully saturated rings. The van der Waals surface area contributed by atoms with Crippen LogP contribution in [0.15, 0.2) is 0 Å². The summed E-state index contributed by atoms with van der Waals surface area (Å²) in [5, 5.41) is 0. The van der Waals surface area contributed by atoms with Crippen molar-refractivity contribution in [1.82, 2.24) is 0 Å². The van der Waals surface area contributed by atoms with E-state index in [0.717, 1.165) is 0 Å². The van der Waals surface area contributed by atoms with Crippen LogP contribution < -0.4 is 0 Å². The summed E-state index contributed by atoms with van der Waals surface area (Å²) >= 11 is 0. The van der Waals surface area contributed by atoms with Gasteiger partial charge < -0.3 is 0 Å². The Labute approximate surface area is 82.6 Å². The van der Waals surface area contributed by atoms with Crippen LogP contribution in [-0.2, 0) is 83.9 Å². The van der Waals surface area contributed by atoms with Crippen LogP contribution in [0.25, 0.3) is 0 Å². The molecule has 42 valence electrons. The topological polar surface area (TPSA) is 0 Å². The second-order valence-electron chi connectivity index (χ2n) is 0. The van der Waals surface area contributed by atoms with Gasteiger partial charge in [-0.25, -0.2) is 0 Å². The summed E-state index contributed by atoms with van der Waals surface area (Å²) < 4.78 is 0. The molecule has 0 aliphatic heterocycles. The molecule has 0 aliphatic carbocycles. The fourth-order valence-corrected chi connectivity index (χ4v) is 0. The zero-order valence-corrected chi connectivity index (χ0v) is 8.78. The van der Waals surface area contributed by atoms with Crippen LogP contribution >= 0.6 is 0 Å². The summed E-state index contributed by atoms with van der Waals surface area (Å²) in [6.45, 7) is 0. The molecular weight excluding hydrogens is 650 g/mol. The Bertz CT molecular complexity index is 3.25. The van der Waals surface area contributed by atoms with Crippen LogP contribution in [0.2, 0.25) is 0 Å². The van der Waals surface area contributed by atoms with Crippen LogP contribution in [0, 0.1) is 0 Å². The SMILES string of the molecule is [Au].[Au].[Au].[Co]. The molecule has 0 saturated carbocycles. The van der Waals surface area contributed by atoms with E-state index in [1.165, 1.54) is 0 Å². The number of hydrogen-bond acceptors (Lipinski definition) is 0. The van der Waals surface area contributed by atoms with Gasteiger partial charge in [-0.15, -0.1) is 0 Å². The second kappa shape index (κ2) is 17.2. The van der Waals surface area contributed by atoms with Crippen molar-refractivity contribution in [2.24, 2.45) is 0 Å². The Morgan fingerprint density at radius 2 is 0.500 bits per heavy atom. The molecule has 0 atom stereocenters. The summed E-state index contributed by atoms with van der Waals surface area (Å²) in [5.74, 6) is 0. The van der Waals surface area contributed by atoms with Gasteiger partial charge >= 0.3 is 0 Å². The Morgan fingerprint density at radius 3 is 0.500 bits per heavy atom. The average Bonchev–Trinajstić information content (AvgIpc) is 0. The van der Waals surface area contributed by atoms with Gasteiger partial charge in [0.2, 0.25) is 0 Å². The van der Waals surface area contributed by atoms with Crippen molar-refractivity contribution >= 4 is 0 Å². The molecule has 0 amide bonds. The van der Waals surface area contributed by atoms with Crippen LogP contribution in [-0.4, -0.2) is 0 Å². The molecule has 0 saturated heterocycles. The summed E-state index contributed by atoms with van der Waals surface area (Å²) in [6, 6.07) is 0. The van der Waals surface area contributed by atoms with E-state index in [4.69, 9.17) is 0 Å². The van der Waals surface area contributed by atoms with E-state index in [-0.39, 0.29) is 83.9 Å². The third kappa shape index (κ3) is 8.83. The van der Waals surface area contributed by atoms with Gasteiger partial charge in [0.15, 0.2) is 0 Å². The molecule has 0 bridgehead atoms. The van der Waals surface area contributed by atoms with Gasteiger partial charge in [0.25, 0.3) is 0 Å². The second-order valence-corrected chi connectivity index (χ2v) is 0. The van der Waals surface area contributed by atoms with Gasteiger partial charge in [-0.2, -0.15) is 0 Å². The van der Waals surface area contributed by atoms with Crippen molar-refractivity contribution in [3.05, 3.63) is 0 Å². The van der Waals surface area contributed by atoms with Crippen molar-refractivity contribution in [2.75, 3.05) is 0 Å². The fourth-order valence-electron chi connectivity index (χ4n) is 0. The van der Waals surface area contributed by atoms with Gasteiger partial charge in [0, 0.05) is 83.9 Å². The van der Waals surface area contributed by atoms with Crippen LogP contribution in [0.4, 0.5) is 0 Å².